The third-order valence-electron chi connectivity index (χ3n) is 2.10. The van der Waals surface area contributed by atoms with Crippen molar-refractivity contribution in [3.63, 3.8) is 0 Å². The molecular weight excluding hydrogens is 246 g/mol. The van der Waals surface area contributed by atoms with Crippen molar-refractivity contribution in [2.45, 2.75) is 26.3 Å². The fraction of sp³-hybridized carbons (Fsp3) is 0.556. The van der Waals surface area contributed by atoms with E-state index in [2.05, 4.69) is 26.3 Å². The van der Waals surface area contributed by atoms with Gasteiger partial charge < -0.3 is 5.32 Å². The standard InChI is InChI=1S/C9H14BrN3O/c1-4-6(2)12-9(14)7-5-11-13(3)8(7)10/h5-6H,4H2,1-3H3,(H,12,14). The zero-order valence-electron chi connectivity index (χ0n) is 8.54. The Labute approximate surface area is 91.8 Å². The van der Waals surface area contributed by atoms with Crippen molar-refractivity contribution >= 4 is 21.8 Å². The van der Waals surface area contributed by atoms with Crippen LogP contribution in [0.4, 0.5) is 0 Å². The molecule has 0 bridgehead atoms. The van der Waals surface area contributed by atoms with Crippen LogP contribution in [0.15, 0.2) is 10.8 Å². The fourth-order valence-electron chi connectivity index (χ4n) is 0.979. The van der Waals surface area contributed by atoms with E-state index in [9.17, 15) is 4.79 Å². The van der Waals surface area contributed by atoms with Crippen molar-refractivity contribution < 1.29 is 4.79 Å². The lowest BCUT2D eigenvalue weighted by Crippen LogP contribution is -2.31. The summed E-state index contributed by atoms with van der Waals surface area (Å²) in [5.41, 5.74) is 0.577. The second-order valence-corrected chi connectivity index (χ2v) is 4.01. The van der Waals surface area contributed by atoms with Crippen LogP contribution >= 0.6 is 15.9 Å². The quantitative estimate of drug-likeness (QED) is 0.899. The number of hydrogen-bond donors (Lipinski definition) is 1. The van der Waals surface area contributed by atoms with Gasteiger partial charge in [-0.2, -0.15) is 5.10 Å². The Morgan fingerprint density at radius 3 is 2.86 bits per heavy atom. The van der Waals surface area contributed by atoms with Gasteiger partial charge in [0.2, 0.25) is 0 Å². The molecule has 0 aliphatic heterocycles. The second-order valence-electron chi connectivity index (χ2n) is 3.26. The first-order chi connectivity index (χ1) is 6.56. The van der Waals surface area contributed by atoms with Gasteiger partial charge in [-0.15, -0.1) is 0 Å². The van der Waals surface area contributed by atoms with Gasteiger partial charge in [0.1, 0.15) is 4.60 Å². The van der Waals surface area contributed by atoms with E-state index in [0.717, 1.165) is 6.42 Å². The molecule has 0 saturated heterocycles. The molecule has 5 heteroatoms. The van der Waals surface area contributed by atoms with Crippen LogP contribution in [0.3, 0.4) is 0 Å². The number of aryl methyl sites for hydroxylation is 1. The van der Waals surface area contributed by atoms with Crippen molar-refractivity contribution in [2.24, 2.45) is 7.05 Å². The highest BCUT2D eigenvalue weighted by Crippen LogP contribution is 2.14. The summed E-state index contributed by atoms with van der Waals surface area (Å²) in [5.74, 6) is -0.0840. The molecule has 0 radical (unpaired) electrons. The Balaban J connectivity index is 2.75. The van der Waals surface area contributed by atoms with Crippen molar-refractivity contribution in [3.8, 4) is 0 Å². The molecule has 4 nitrogen and oxygen atoms in total. The predicted octanol–water partition coefficient (Wildman–Crippen LogP) is 1.71. The third kappa shape index (κ3) is 2.35. The largest absolute Gasteiger partial charge is 0.349 e. The maximum atomic E-state index is 11.7. The van der Waals surface area contributed by atoms with E-state index in [1.807, 2.05) is 13.8 Å². The average molecular weight is 260 g/mol. The van der Waals surface area contributed by atoms with E-state index in [1.165, 1.54) is 0 Å². The molecule has 1 aromatic heterocycles. The zero-order valence-corrected chi connectivity index (χ0v) is 10.1. The number of rotatable bonds is 3. The summed E-state index contributed by atoms with van der Waals surface area (Å²) in [7, 11) is 1.78. The minimum atomic E-state index is -0.0840. The third-order valence-corrected chi connectivity index (χ3v) is 3.04. The van der Waals surface area contributed by atoms with Gasteiger partial charge in [-0.25, -0.2) is 0 Å². The van der Waals surface area contributed by atoms with Crippen LogP contribution < -0.4 is 5.32 Å². The number of hydrogen-bond acceptors (Lipinski definition) is 2. The number of halogens is 1. The molecule has 78 valence electrons. The number of nitrogens with one attached hydrogen (secondary N) is 1. The monoisotopic (exact) mass is 259 g/mol. The Bertz CT molecular complexity index is 335. The number of carbonyl (C=O) groups excluding carboxylic acids is 1. The summed E-state index contributed by atoms with van der Waals surface area (Å²) >= 11 is 3.30. The molecule has 0 aliphatic rings. The minimum Gasteiger partial charge on any atom is -0.349 e. The Hall–Kier alpha value is -0.840. The summed E-state index contributed by atoms with van der Waals surface area (Å²) in [6.45, 7) is 4.01. The molecule has 0 saturated carbocycles. The van der Waals surface area contributed by atoms with Crippen LogP contribution in [0.1, 0.15) is 30.6 Å². The Kier molecular flexibility index (Phi) is 3.69. The molecule has 1 N–H and O–H groups in total. The van der Waals surface area contributed by atoms with Crippen molar-refractivity contribution in [1.82, 2.24) is 15.1 Å². The highest BCUT2D eigenvalue weighted by atomic mass is 79.9. The first-order valence-corrected chi connectivity index (χ1v) is 5.34. The predicted molar refractivity (Wildman–Crippen MR) is 58.1 cm³/mol. The maximum absolute atomic E-state index is 11.7. The van der Waals surface area contributed by atoms with Gasteiger partial charge in [0, 0.05) is 13.1 Å². The SMILES string of the molecule is CCC(C)NC(=O)c1cnn(C)c1Br. The fourth-order valence-corrected chi connectivity index (χ4v) is 1.35. The molecule has 0 fully saturated rings. The van der Waals surface area contributed by atoms with Crippen LogP contribution in [0.2, 0.25) is 0 Å². The number of amides is 1. The molecule has 1 atom stereocenters. The van der Waals surface area contributed by atoms with E-state index < -0.39 is 0 Å². The van der Waals surface area contributed by atoms with Crippen LogP contribution in [-0.2, 0) is 7.05 Å². The average Bonchev–Trinajstić information content (AvgIpc) is 2.47. The van der Waals surface area contributed by atoms with Gasteiger partial charge in [0.25, 0.3) is 5.91 Å². The van der Waals surface area contributed by atoms with E-state index in [-0.39, 0.29) is 11.9 Å². The lowest BCUT2D eigenvalue weighted by atomic mass is 10.2. The summed E-state index contributed by atoms with van der Waals surface area (Å²) in [5, 5.41) is 6.86. The summed E-state index contributed by atoms with van der Waals surface area (Å²) in [6, 6.07) is 0.189. The van der Waals surface area contributed by atoms with E-state index in [0.29, 0.717) is 10.2 Å². The molecule has 0 aliphatic carbocycles. The lowest BCUT2D eigenvalue weighted by Gasteiger charge is -2.10. The van der Waals surface area contributed by atoms with Gasteiger partial charge in [0.15, 0.2) is 0 Å². The molecule has 1 amide bonds. The van der Waals surface area contributed by atoms with Crippen LogP contribution in [0.25, 0.3) is 0 Å². The van der Waals surface area contributed by atoms with Crippen molar-refractivity contribution in [3.05, 3.63) is 16.4 Å². The van der Waals surface area contributed by atoms with Gasteiger partial charge in [-0.1, -0.05) is 6.92 Å². The number of carbonyl (C=O) groups is 1. The highest BCUT2D eigenvalue weighted by Gasteiger charge is 2.14. The van der Waals surface area contributed by atoms with Gasteiger partial charge in [0.05, 0.1) is 11.8 Å². The second kappa shape index (κ2) is 4.59. The van der Waals surface area contributed by atoms with Crippen LogP contribution in [0, 0.1) is 0 Å². The summed E-state index contributed by atoms with van der Waals surface area (Å²) < 4.78 is 2.32. The normalized spacial score (nSPS) is 12.6. The topological polar surface area (TPSA) is 46.9 Å². The Morgan fingerprint density at radius 2 is 2.43 bits per heavy atom. The van der Waals surface area contributed by atoms with Crippen LogP contribution in [0.5, 0.6) is 0 Å². The minimum absolute atomic E-state index is 0.0840. The lowest BCUT2D eigenvalue weighted by molar-refractivity contribution is 0.0938. The maximum Gasteiger partial charge on any atom is 0.255 e. The number of aromatic nitrogens is 2. The van der Waals surface area contributed by atoms with Gasteiger partial charge in [-0.05, 0) is 29.3 Å². The summed E-state index contributed by atoms with van der Waals surface area (Å²) in [4.78, 5) is 11.7. The molecular formula is C9H14BrN3O. The molecule has 1 unspecified atom stereocenters. The first kappa shape index (κ1) is 11.2. The van der Waals surface area contributed by atoms with Gasteiger partial charge >= 0.3 is 0 Å². The van der Waals surface area contributed by atoms with E-state index >= 15 is 0 Å². The Morgan fingerprint density at radius 1 is 1.79 bits per heavy atom. The van der Waals surface area contributed by atoms with E-state index in [1.54, 1.807) is 17.9 Å². The molecule has 14 heavy (non-hydrogen) atoms. The smallest absolute Gasteiger partial charge is 0.255 e. The molecule has 1 aromatic rings. The van der Waals surface area contributed by atoms with Crippen LogP contribution in [-0.4, -0.2) is 21.7 Å². The van der Waals surface area contributed by atoms with E-state index in [4.69, 9.17) is 0 Å². The van der Waals surface area contributed by atoms with Crippen molar-refractivity contribution in [1.29, 1.82) is 0 Å². The molecule has 0 aromatic carbocycles. The molecule has 1 heterocycles. The highest BCUT2D eigenvalue weighted by molar-refractivity contribution is 9.10. The number of nitrogens with zero attached hydrogens (tertiary/aromatic N) is 2. The zero-order chi connectivity index (χ0) is 10.7. The van der Waals surface area contributed by atoms with Crippen molar-refractivity contribution in [2.75, 3.05) is 0 Å². The summed E-state index contributed by atoms with van der Waals surface area (Å²) in [6.07, 6.45) is 2.48. The molecule has 1 rings (SSSR count). The molecule has 0 spiro atoms. The van der Waals surface area contributed by atoms with Gasteiger partial charge in [-0.3, -0.25) is 9.48 Å². The first-order valence-electron chi connectivity index (χ1n) is 4.54.